The fraction of sp³-hybridized carbons (Fsp3) is 0.385. The van der Waals surface area contributed by atoms with Gasteiger partial charge in [-0.2, -0.15) is 0 Å². The lowest BCUT2D eigenvalue weighted by Gasteiger charge is -2.29. The van der Waals surface area contributed by atoms with E-state index in [2.05, 4.69) is 0 Å². The Balaban J connectivity index is 2.03. The topological polar surface area (TPSA) is 57.6 Å². The lowest BCUT2D eigenvalue weighted by Crippen LogP contribution is -2.36. The molecule has 1 aliphatic heterocycles. The molecule has 0 aromatic heterocycles. The second kappa shape index (κ2) is 5.40. The Kier molecular flexibility index (Phi) is 3.87. The third-order valence-electron chi connectivity index (χ3n) is 3.11. The molecule has 4 nitrogen and oxygen atoms in total. The van der Waals surface area contributed by atoms with Crippen molar-refractivity contribution in [3.05, 3.63) is 34.3 Å². The zero-order chi connectivity index (χ0) is 13.1. The Bertz CT molecular complexity index is 487. The molecule has 1 aliphatic rings. The number of hydrogen-bond donors (Lipinski definition) is 1. The van der Waals surface area contributed by atoms with Gasteiger partial charge in [0, 0.05) is 24.5 Å². The minimum absolute atomic E-state index is 0.0607. The van der Waals surface area contributed by atoms with Gasteiger partial charge in [0.2, 0.25) is 5.91 Å². The van der Waals surface area contributed by atoms with Crippen molar-refractivity contribution in [2.45, 2.75) is 25.8 Å². The van der Waals surface area contributed by atoms with E-state index in [-0.39, 0.29) is 18.7 Å². The third kappa shape index (κ3) is 2.82. The summed E-state index contributed by atoms with van der Waals surface area (Å²) < 4.78 is 0. The van der Waals surface area contributed by atoms with Crippen LogP contribution in [-0.2, 0) is 22.6 Å². The SMILES string of the molecule is O=C(O)CCC(=O)N1CCc2c(Cl)cccc2C1. The highest BCUT2D eigenvalue weighted by atomic mass is 35.5. The Hall–Kier alpha value is -1.55. The molecule has 0 unspecified atom stereocenters. The first-order chi connectivity index (χ1) is 8.58. The van der Waals surface area contributed by atoms with Gasteiger partial charge in [-0.1, -0.05) is 23.7 Å². The van der Waals surface area contributed by atoms with Crippen LogP contribution in [-0.4, -0.2) is 28.4 Å². The number of benzene rings is 1. The van der Waals surface area contributed by atoms with Gasteiger partial charge in [-0.15, -0.1) is 0 Å². The number of carboxylic acid groups (broad SMARTS) is 1. The molecule has 1 amide bonds. The van der Waals surface area contributed by atoms with E-state index in [1.54, 1.807) is 4.90 Å². The second-order valence-corrected chi connectivity index (χ2v) is 4.74. The molecule has 0 fully saturated rings. The van der Waals surface area contributed by atoms with Crippen molar-refractivity contribution >= 4 is 23.5 Å². The maximum atomic E-state index is 11.8. The van der Waals surface area contributed by atoms with Gasteiger partial charge < -0.3 is 10.0 Å². The maximum absolute atomic E-state index is 11.8. The fourth-order valence-corrected chi connectivity index (χ4v) is 2.44. The van der Waals surface area contributed by atoms with Crippen LogP contribution in [0.2, 0.25) is 5.02 Å². The van der Waals surface area contributed by atoms with E-state index in [9.17, 15) is 9.59 Å². The Morgan fingerprint density at radius 3 is 2.83 bits per heavy atom. The van der Waals surface area contributed by atoms with Crippen molar-refractivity contribution in [2.75, 3.05) is 6.54 Å². The Morgan fingerprint density at radius 2 is 2.11 bits per heavy atom. The molecule has 1 heterocycles. The van der Waals surface area contributed by atoms with Crippen LogP contribution in [0.25, 0.3) is 0 Å². The summed E-state index contributed by atoms with van der Waals surface area (Å²) >= 11 is 6.09. The van der Waals surface area contributed by atoms with E-state index in [4.69, 9.17) is 16.7 Å². The summed E-state index contributed by atoms with van der Waals surface area (Å²) in [6.07, 6.45) is 0.677. The number of aliphatic carboxylic acids is 1. The number of carboxylic acids is 1. The largest absolute Gasteiger partial charge is 0.481 e. The molecule has 1 aromatic carbocycles. The summed E-state index contributed by atoms with van der Waals surface area (Å²) in [4.78, 5) is 24.0. The quantitative estimate of drug-likeness (QED) is 0.912. The molecular formula is C13H14ClNO3. The van der Waals surface area contributed by atoms with Crippen LogP contribution in [0.3, 0.4) is 0 Å². The number of hydrogen-bond acceptors (Lipinski definition) is 2. The molecule has 96 valence electrons. The number of fused-ring (bicyclic) bond motifs is 1. The first kappa shape index (κ1) is 12.9. The molecule has 0 bridgehead atoms. The van der Waals surface area contributed by atoms with Crippen LogP contribution in [0.5, 0.6) is 0 Å². The molecule has 0 spiro atoms. The van der Waals surface area contributed by atoms with E-state index in [0.29, 0.717) is 13.1 Å². The van der Waals surface area contributed by atoms with E-state index < -0.39 is 5.97 Å². The van der Waals surface area contributed by atoms with Crippen LogP contribution in [0.4, 0.5) is 0 Å². The van der Waals surface area contributed by atoms with Gasteiger partial charge in [-0.25, -0.2) is 0 Å². The minimum Gasteiger partial charge on any atom is -0.481 e. The maximum Gasteiger partial charge on any atom is 0.303 e. The van der Waals surface area contributed by atoms with Crippen LogP contribution >= 0.6 is 11.6 Å². The van der Waals surface area contributed by atoms with Crippen molar-refractivity contribution in [2.24, 2.45) is 0 Å². The van der Waals surface area contributed by atoms with Crippen molar-refractivity contribution in [3.63, 3.8) is 0 Å². The fourth-order valence-electron chi connectivity index (χ4n) is 2.15. The van der Waals surface area contributed by atoms with Crippen molar-refractivity contribution in [1.82, 2.24) is 4.90 Å². The highest BCUT2D eigenvalue weighted by molar-refractivity contribution is 6.31. The molecule has 0 saturated heterocycles. The normalized spacial score (nSPS) is 14.2. The molecule has 18 heavy (non-hydrogen) atoms. The van der Waals surface area contributed by atoms with E-state index >= 15 is 0 Å². The minimum atomic E-state index is -0.941. The van der Waals surface area contributed by atoms with Gasteiger partial charge in [0.05, 0.1) is 6.42 Å². The number of carbonyl (C=O) groups is 2. The summed E-state index contributed by atoms with van der Waals surface area (Å²) in [6, 6.07) is 5.67. The van der Waals surface area contributed by atoms with Crippen molar-refractivity contribution < 1.29 is 14.7 Å². The van der Waals surface area contributed by atoms with Crippen LogP contribution in [0.15, 0.2) is 18.2 Å². The Morgan fingerprint density at radius 1 is 1.33 bits per heavy atom. The summed E-state index contributed by atoms with van der Waals surface area (Å²) in [7, 11) is 0. The number of halogens is 1. The van der Waals surface area contributed by atoms with Crippen molar-refractivity contribution in [3.8, 4) is 0 Å². The van der Waals surface area contributed by atoms with Gasteiger partial charge in [0.15, 0.2) is 0 Å². The molecule has 1 N–H and O–H groups in total. The summed E-state index contributed by atoms with van der Waals surface area (Å²) in [6.45, 7) is 1.13. The number of nitrogens with zero attached hydrogens (tertiary/aromatic N) is 1. The van der Waals surface area contributed by atoms with E-state index in [0.717, 1.165) is 22.6 Å². The van der Waals surface area contributed by atoms with Gasteiger partial charge in [-0.3, -0.25) is 9.59 Å². The van der Waals surface area contributed by atoms with Gasteiger partial charge in [0.1, 0.15) is 0 Å². The summed E-state index contributed by atoms with van der Waals surface area (Å²) in [5.74, 6) is -1.05. The number of carbonyl (C=O) groups excluding carboxylic acids is 1. The molecule has 0 saturated carbocycles. The molecule has 1 aromatic rings. The molecule has 0 aliphatic carbocycles. The van der Waals surface area contributed by atoms with E-state index in [1.807, 2.05) is 18.2 Å². The molecule has 0 atom stereocenters. The zero-order valence-corrected chi connectivity index (χ0v) is 10.6. The molecule has 2 rings (SSSR count). The van der Waals surface area contributed by atoms with Crippen molar-refractivity contribution in [1.29, 1.82) is 0 Å². The molecule has 5 heteroatoms. The second-order valence-electron chi connectivity index (χ2n) is 4.34. The zero-order valence-electron chi connectivity index (χ0n) is 9.86. The smallest absolute Gasteiger partial charge is 0.303 e. The summed E-state index contributed by atoms with van der Waals surface area (Å²) in [5, 5.41) is 9.31. The standard InChI is InChI=1S/C13H14ClNO3/c14-11-3-1-2-9-8-15(7-6-10(9)11)12(16)4-5-13(17)18/h1-3H,4-8H2,(H,17,18). The Labute approximate surface area is 110 Å². The van der Waals surface area contributed by atoms with Gasteiger partial charge >= 0.3 is 5.97 Å². The monoisotopic (exact) mass is 267 g/mol. The van der Waals surface area contributed by atoms with Gasteiger partial charge in [0.25, 0.3) is 0 Å². The first-order valence-corrected chi connectivity index (χ1v) is 6.21. The number of rotatable bonds is 3. The van der Waals surface area contributed by atoms with E-state index in [1.165, 1.54) is 0 Å². The highest BCUT2D eigenvalue weighted by Gasteiger charge is 2.22. The lowest BCUT2D eigenvalue weighted by atomic mass is 9.99. The van der Waals surface area contributed by atoms with Gasteiger partial charge in [-0.05, 0) is 23.6 Å². The third-order valence-corrected chi connectivity index (χ3v) is 3.47. The molecular weight excluding hydrogens is 254 g/mol. The average molecular weight is 268 g/mol. The summed E-state index contributed by atoms with van der Waals surface area (Å²) in [5.41, 5.74) is 2.15. The van der Waals surface area contributed by atoms with Crippen LogP contribution < -0.4 is 0 Å². The van der Waals surface area contributed by atoms with Crippen LogP contribution in [0.1, 0.15) is 24.0 Å². The molecule has 0 radical (unpaired) electrons. The predicted octanol–water partition coefficient (Wildman–Crippen LogP) is 2.09. The highest BCUT2D eigenvalue weighted by Crippen LogP contribution is 2.26. The lowest BCUT2D eigenvalue weighted by molar-refractivity contribution is -0.141. The number of amides is 1. The van der Waals surface area contributed by atoms with Crippen LogP contribution in [0, 0.1) is 0 Å². The predicted molar refractivity (Wildman–Crippen MR) is 67.4 cm³/mol. The average Bonchev–Trinajstić information content (AvgIpc) is 2.35. The first-order valence-electron chi connectivity index (χ1n) is 5.84.